The highest BCUT2D eigenvalue weighted by molar-refractivity contribution is 7.47. The maximum atomic E-state index is 13.1. The number of carbonyl (C=O) groups is 1. The second kappa shape index (κ2) is 61.8. The molecule has 0 saturated carbocycles. The normalized spacial score (nSPS) is 13.7. The van der Waals surface area contributed by atoms with E-state index in [0.717, 1.165) is 38.5 Å². The van der Waals surface area contributed by atoms with E-state index in [4.69, 9.17) is 9.05 Å². The van der Waals surface area contributed by atoms with Gasteiger partial charge in [0.25, 0.3) is 0 Å². The average molecular weight is 1140 g/mol. The van der Waals surface area contributed by atoms with E-state index >= 15 is 0 Å². The minimum Gasteiger partial charge on any atom is -0.391 e. The fourth-order valence-corrected chi connectivity index (χ4v) is 12.0. The molecule has 0 fully saturated rings. The van der Waals surface area contributed by atoms with E-state index in [0.29, 0.717) is 23.9 Å². The summed E-state index contributed by atoms with van der Waals surface area (Å²) < 4.78 is 23.9. The first kappa shape index (κ1) is 78.2. The van der Waals surface area contributed by atoms with Crippen molar-refractivity contribution in [1.82, 2.24) is 5.32 Å². The van der Waals surface area contributed by atoms with Crippen LogP contribution in [-0.2, 0) is 18.4 Å². The maximum Gasteiger partial charge on any atom is 0.472 e. The standard InChI is InChI=1S/C70H141N2O6P/c1-6-8-10-12-14-16-18-20-22-24-26-28-30-32-34-35-36-37-38-40-42-44-46-48-50-52-54-56-58-60-62-64-70(74)71-68(67-78-79(75,76)77-66-65-72(3,4)5)69(73)63-61-59-57-55-53-51-49-47-45-43-41-39-33-31-29-27-25-23-21-19-17-15-13-11-9-7-2/h24,26,68-69,73H,6-23,25,27-67H2,1-5H3,(H-,71,74,75,76)/p+1/b26-24-. The highest BCUT2D eigenvalue weighted by Crippen LogP contribution is 2.43. The van der Waals surface area contributed by atoms with Crippen molar-refractivity contribution in [2.75, 3.05) is 40.9 Å². The third-order valence-corrected chi connectivity index (χ3v) is 17.7. The minimum atomic E-state index is -4.33. The number of amides is 1. The summed E-state index contributed by atoms with van der Waals surface area (Å²) in [6.07, 6.45) is 78.9. The number of hydrogen-bond donors (Lipinski definition) is 3. The number of hydrogen-bond acceptors (Lipinski definition) is 5. The molecule has 0 heterocycles. The summed E-state index contributed by atoms with van der Waals surface area (Å²) in [6.45, 7) is 4.96. The number of aliphatic hydroxyl groups is 1. The highest BCUT2D eigenvalue weighted by atomic mass is 31.2. The monoisotopic (exact) mass is 1140 g/mol. The SMILES string of the molecule is CCCCCCCCCC/C=C\CCCCCCCCCCCCCCCCCCCCCC(=O)NC(COP(=O)(O)OCC[N+](C)(C)C)C(O)CCCCCCCCCCCCCCCCCCCCCCCCCCCC. The van der Waals surface area contributed by atoms with E-state index in [2.05, 4.69) is 31.3 Å². The third-order valence-electron chi connectivity index (χ3n) is 16.8. The van der Waals surface area contributed by atoms with Crippen LogP contribution in [0.5, 0.6) is 0 Å². The first-order valence-corrected chi connectivity index (χ1v) is 37.0. The van der Waals surface area contributed by atoms with Gasteiger partial charge in [-0.15, -0.1) is 0 Å². The third kappa shape index (κ3) is 64.7. The largest absolute Gasteiger partial charge is 0.472 e. The molecule has 0 aliphatic carbocycles. The molecule has 0 aliphatic rings. The van der Waals surface area contributed by atoms with Gasteiger partial charge < -0.3 is 19.8 Å². The molecule has 0 spiro atoms. The zero-order chi connectivity index (χ0) is 57.7. The van der Waals surface area contributed by atoms with Gasteiger partial charge in [0.05, 0.1) is 39.9 Å². The van der Waals surface area contributed by atoms with Crippen LogP contribution in [-0.4, -0.2) is 73.4 Å². The molecule has 1 amide bonds. The number of unbranched alkanes of at least 4 members (excludes halogenated alkanes) is 52. The number of phosphoric ester groups is 1. The molecule has 3 unspecified atom stereocenters. The maximum absolute atomic E-state index is 13.1. The summed E-state index contributed by atoms with van der Waals surface area (Å²) >= 11 is 0. The summed E-state index contributed by atoms with van der Waals surface area (Å²) in [7, 11) is 1.64. The first-order chi connectivity index (χ1) is 38.5. The van der Waals surface area contributed by atoms with E-state index in [1.165, 1.54) is 315 Å². The Bertz CT molecular complexity index is 1290. The second-order valence-corrected chi connectivity index (χ2v) is 27.4. The van der Waals surface area contributed by atoms with E-state index in [-0.39, 0.29) is 19.1 Å². The fraction of sp³-hybridized carbons (Fsp3) is 0.957. The molecule has 3 atom stereocenters. The quantitative estimate of drug-likeness (QED) is 0.0243. The fourth-order valence-electron chi connectivity index (χ4n) is 11.2. The Labute approximate surface area is 494 Å². The van der Waals surface area contributed by atoms with Crippen LogP contribution in [0.3, 0.4) is 0 Å². The lowest BCUT2D eigenvalue weighted by molar-refractivity contribution is -0.870. The highest BCUT2D eigenvalue weighted by Gasteiger charge is 2.28. The minimum absolute atomic E-state index is 0.0784. The predicted octanol–water partition coefficient (Wildman–Crippen LogP) is 22.5. The molecule has 8 nitrogen and oxygen atoms in total. The Hall–Kier alpha value is -0.760. The number of quaternary nitrogens is 1. The summed E-state index contributed by atoms with van der Waals surface area (Å²) in [5.41, 5.74) is 0. The number of likely N-dealkylation sites (N-methyl/N-ethyl adjacent to an activating group) is 1. The number of nitrogens with one attached hydrogen (secondary N) is 1. The van der Waals surface area contributed by atoms with Crippen LogP contribution in [0, 0.1) is 0 Å². The smallest absolute Gasteiger partial charge is 0.391 e. The van der Waals surface area contributed by atoms with Crippen LogP contribution >= 0.6 is 7.82 Å². The van der Waals surface area contributed by atoms with Crippen molar-refractivity contribution in [3.63, 3.8) is 0 Å². The molecule has 3 N–H and O–H groups in total. The Morgan fingerprint density at radius 3 is 0.975 bits per heavy atom. The van der Waals surface area contributed by atoms with Crippen molar-refractivity contribution in [1.29, 1.82) is 0 Å². The Morgan fingerprint density at radius 1 is 0.418 bits per heavy atom. The lowest BCUT2D eigenvalue weighted by atomic mass is 10.0. The van der Waals surface area contributed by atoms with E-state index < -0.39 is 20.0 Å². The molecule has 0 aliphatic heterocycles. The Morgan fingerprint density at radius 2 is 0.684 bits per heavy atom. The topological polar surface area (TPSA) is 105 Å². The van der Waals surface area contributed by atoms with Gasteiger partial charge in [0.1, 0.15) is 13.2 Å². The van der Waals surface area contributed by atoms with Crippen LogP contribution in [0.15, 0.2) is 12.2 Å². The second-order valence-electron chi connectivity index (χ2n) is 26.0. The number of phosphoric acid groups is 1. The van der Waals surface area contributed by atoms with Crippen LogP contribution in [0.25, 0.3) is 0 Å². The molecule has 79 heavy (non-hydrogen) atoms. The zero-order valence-electron chi connectivity index (χ0n) is 54.2. The Kier molecular flexibility index (Phi) is 61.2. The van der Waals surface area contributed by atoms with Crippen LogP contribution in [0.4, 0.5) is 0 Å². The van der Waals surface area contributed by atoms with Gasteiger partial charge in [0.15, 0.2) is 0 Å². The molecule has 0 rings (SSSR count). The molecule has 0 aromatic rings. The van der Waals surface area contributed by atoms with Gasteiger partial charge in [-0.3, -0.25) is 13.8 Å². The molecule has 472 valence electrons. The summed E-state index contributed by atoms with van der Waals surface area (Å²) in [5, 5.41) is 14.2. The molecule has 0 radical (unpaired) electrons. The van der Waals surface area contributed by atoms with Gasteiger partial charge in [-0.05, 0) is 38.5 Å². The first-order valence-electron chi connectivity index (χ1n) is 35.6. The molecular formula is C70H142N2O6P+. The number of carbonyl (C=O) groups excluding carboxylic acids is 1. The van der Waals surface area contributed by atoms with E-state index in [9.17, 15) is 19.4 Å². The van der Waals surface area contributed by atoms with E-state index in [1.54, 1.807) is 0 Å². The molecule has 0 aromatic heterocycles. The van der Waals surface area contributed by atoms with Gasteiger partial charge in [-0.2, -0.15) is 0 Å². The van der Waals surface area contributed by atoms with Gasteiger partial charge in [0, 0.05) is 6.42 Å². The van der Waals surface area contributed by atoms with Crippen molar-refractivity contribution in [2.24, 2.45) is 0 Å². The molecule has 0 aromatic carbocycles. The lowest BCUT2D eigenvalue weighted by Crippen LogP contribution is -2.46. The summed E-state index contributed by atoms with van der Waals surface area (Å²) in [6, 6.07) is -0.758. The predicted molar refractivity (Wildman–Crippen MR) is 346 cm³/mol. The molecule has 9 heteroatoms. The van der Waals surface area contributed by atoms with Gasteiger partial charge in [-0.25, -0.2) is 4.57 Å². The number of allylic oxidation sites excluding steroid dienone is 2. The Balaban J connectivity index is 3.98. The summed E-state index contributed by atoms with van der Waals surface area (Å²) in [5.74, 6) is -0.134. The van der Waals surface area contributed by atoms with Crippen LogP contribution in [0.2, 0.25) is 0 Å². The number of aliphatic hydroxyl groups excluding tert-OH is 1. The van der Waals surface area contributed by atoms with Gasteiger partial charge in [-0.1, -0.05) is 347 Å². The van der Waals surface area contributed by atoms with E-state index in [1.807, 2.05) is 21.1 Å². The number of nitrogens with zero attached hydrogens (tertiary/aromatic N) is 1. The average Bonchev–Trinajstić information content (AvgIpc) is 3.42. The van der Waals surface area contributed by atoms with Crippen LogP contribution < -0.4 is 5.32 Å². The van der Waals surface area contributed by atoms with Gasteiger partial charge in [0.2, 0.25) is 5.91 Å². The van der Waals surface area contributed by atoms with Crippen molar-refractivity contribution in [3.05, 3.63) is 12.2 Å². The summed E-state index contributed by atoms with van der Waals surface area (Å²) in [4.78, 5) is 23.5. The molecule has 0 saturated heterocycles. The number of rotatable bonds is 67. The zero-order valence-corrected chi connectivity index (χ0v) is 55.1. The van der Waals surface area contributed by atoms with Crippen molar-refractivity contribution in [2.45, 2.75) is 392 Å². The molecular weight excluding hydrogens is 996 g/mol. The lowest BCUT2D eigenvalue weighted by Gasteiger charge is -2.26. The van der Waals surface area contributed by atoms with Crippen molar-refractivity contribution >= 4 is 13.7 Å². The van der Waals surface area contributed by atoms with Crippen molar-refractivity contribution < 1.29 is 32.9 Å². The van der Waals surface area contributed by atoms with Gasteiger partial charge >= 0.3 is 7.82 Å². The van der Waals surface area contributed by atoms with Crippen molar-refractivity contribution in [3.8, 4) is 0 Å². The van der Waals surface area contributed by atoms with Crippen LogP contribution in [0.1, 0.15) is 380 Å². The molecule has 0 bridgehead atoms.